The third-order valence-corrected chi connectivity index (χ3v) is 4.27. The highest BCUT2D eigenvalue weighted by molar-refractivity contribution is 5.74. The summed E-state index contributed by atoms with van der Waals surface area (Å²) in [5, 5.41) is 9.29. The van der Waals surface area contributed by atoms with Gasteiger partial charge in [0.1, 0.15) is 5.52 Å². The second-order valence-corrected chi connectivity index (χ2v) is 5.94. The highest BCUT2D eigenvalue weighted by atomic mass is 16.4. The molecule has 7 heteroatoms. The zero-order valence-corrected chi connectivity index (χ0v) is 13.1. The Morgan fingerprint density at radius 1 is 1.21 bits per heavy atom. The molecule has 7 nitrogen and oxygen atoms in total. The number of aromatic nitrogens is 2. The van der Waals surface area contributed by atoms with Gasteiger partial charge < -0.3 is 19.4 Å². The number of nitrogens with zero attached hydrogens (tertiary/aromatic N) is 3. The van der Waals surface area contributed by atoms with Crippen LogP contribution >= 0.6 is 0 Å². The Balaban J connectivity index is 1.41. The molecule has 124 valence electrons. The van der Waals surface area contributed by atoms with E-state index in [4.69, 9.17) is 4.42 Å². The van der Waals surface area contributed by atoms with Gasteiger partial charge in [0.15, 0.2) is 11.3 Å². The van der Waals surface area contributed by atoms with Crippen LogP contribution in [-0.2, 0) is 6.54 Å². The summed E-state index contributed by atoms with van der Waals surface area (Å²) in [6.45, 7) is 3.98. The topological polar surface area (TPSA) is 85.6 Å². The summed E-state index contributed by atoms with van der Waals surface area (Å²) < 4.78 is 5.81. The minimum Gasteiger partial charge on any atom is -0.503 e. The van der Waals surface area contributed by atoms with E-state index >= 15 is 0 Å². The third-order valence-electron chi connectivity index (χ3n) is 4.27. The summed E-state index contributed by atoms with van der Waals surface area (Å²) in [4.78, 5) is 23.4. The number of pyridine rings is 1. The molecule has 1 aliphatic rings. The van der Waals surface area contributed by atoms with Crippen LogP contribution in [0.4, 0.5) is 6.01 Å². The number of para-hydroxylation sites is 2. The molecule has 0 aliphatic carbocycles. The molecular weight excluding hydrogens is 308 g/mol. The normalized spacial score (nSPS) is 15.9. The maximum atomic E-state index is 11.5. The number of hydrogen-bond donors (Lipinski definition) is 2. The van der Waals surface area contributed by atoms with Crippen LogP contribution in [0.15, 0.2) is 45.7 Å². The Morgan fingerprint density at radius 3 is 2.75 bits per heavy atom. The fourth-order valence-corrected chi connectivity index (χ4v) is 2.93. The molecule has 3 heterocycles. The van der Waals surface area contributed by atoms with Gasteiger partial charge in [0.2, 0.25) is 5.43 Å². The summed E-state index contributed by atoms with van der Waals surface area (Å²) in [7, 11) is 0. The number of nitrogens with one attached hydrogen (secondary N) is 1. The first kappa shape index (κ1) is 14.8. The molecule has 2 N–H and O–H groups in total. The number of benzene rings is 1. The van der Waals surface area contributed by atoms with Crippen molar-refractivity contribution in [2.75, 3.05) is 31.1 Å². The molecule has 1 aromatic carbocycles. The van der Waals surface area contributed by atoms with E-state index in [1.54, 1.807) is 0 Å². The van der Waals surface area contributed by atoms with Gasteiger partial charge in [-0.3, -0.25) is 9.69 Å². The lowest BCUT2D eigenvalue weighted by Crippen LogP contribution is -2.46. The second kappa shape index (κ2) is 6.01. The predicted octanol–water partition coefficient (Wildman–Crippen LogP) is 1.54. The number of rotatable bonds is 3. The number of oxazole rings is 1. The molecule has 24 heavy (non-hydrogen) atoms. The molecule has 0 amide bonds. The summed E-state index contributed by atoms with van der Waals surface area (Å²) >= 11 is 0. The van der Waals surface area contributed by atoms with Gasteiger partial charge in [0.05, 0.1) is 0 Å². The number of aromatic hydroxyl groups is 1. The lowest BCUT2D eigenvalue weighted by Gasteiger charge is -2.33. The van der Waals surface area contributed by atoms with Gasteiger partial charge in [-0.15, -0.1) is 0 Å². The average molecular weight is 326 g/mol. The highest BCUT2D eigenvalue weighted by Crippen LogP contribution is 2.22. The van der Waals surface area contributed by atoms with E-state index in [0.717, 1.165) is 43.0 Å². The molecule has 1 saturated heterocycles. The molecule has 1 fully saturated rings. The fourth-order valence-electron chi connectivity index (χ4n) is 2.93. The minimum absolute atomic E-state index is 0.250. The maximum Gasteiger partial charge on any atom is 0.298 e. The summed E-state index contributed by atoms with van der Waals surface area (Å²) in [5.41, 5.74) is 2.12. The molecule has 0 radical (unpaired) electrons. The van der Waals surface area contributed by atoms with E-state index in [-0.39, 0.29) is 11.2 Å². The van der Waals surface area contributed by atoms with Gasteiger partial charge in [-0.2, -0.15) is 4.98 Å². The van der Waals surface area contributed by atoms with Gasteiger partial charge in [-0.1, -0.05) is 12.1 Å². The summed E-state index contributed by atoms with van der Waals surface area (Å²) in [6, 6.07) is 9.86. The molecular formula is C17H18N4O3. The molecule has 0 saturated carbocycles. The molecule has 1 aliphatic heterocycles. The molecule has 0 bridgehead atoms. The Morgan fingerprint density at radius 2 is 2.00 bits per heavy atom. The second-order valence-electron chi connectivity index (χ2n) is 5.94. The van der Waals surface area contributed by atoms with Gasteiger partial charge in [-0.05, 0) is 12.1 Å². The van der Waals surface area contributed by atoms with Gasteiger partial charge >= 0.3 is 0 Å². The maximum absolute atomic E-state index is 11.5. The number of aromatic amines is 1. The fraction of sp³-hybridized carbons (Fsp3) is 0.294. The van der Waals surface area contributed by atoms with Crippen molar-refractivity contribution in [3.05, 3.63) is 52.4 Å². The van der Waals surface area contributed by atoms with Crippen LogP contribution in [-0.4, -0.2) is 46.2 Å². The largest absolute Gasteiger partial charge is 0.503 e. The first-order valence-electron chi connectivity index (χ1n) is 7.92. The molecule has 4 rings (SSSR count). The number of fused-ring (bicyclic) bond motifs is 1. The van der Waals surface area contributed by atoms with E-state index in [9.17, 15) is 9.90 Å². The van der Waals surface area contributed by atoms with E-state index in [1.165, 1.54) is 12.3 Å². The standard InChI is InChI=1S/C17H18N4O3/c22-14-9-12(18-10-15(14)23)11-20-5-7-21(8-6-20)17-19-13-3-1-2-4-16(13)24-17/h1-4,9-10,23H,5-8,11H2,(H,18,22). The first-order chi connectivity index (χ1) is 11.7. The van der Waals surface area contributed by atoms with E-state index in [1.807, 2.05) is 24.3 Å². The van der Waals surface area contributed by atoms with Crippen LogP contribution in [0.3, 0.4) is 0 Å². The van der Waals surface area contributed by atoms with Crippen molar-refractivity contribution in [1.29, 1.82) is 0 Å². The Labute approximate surface area is 138 Å². The Bertz CT molecular complexity index is 876. The number of anilines is 1. The van der Waals surface area contributed by atoms with Gasteiger partial charge in [0.25, 0.3) is 6.01 Å². The van der Waals surface area contributed by atoms with E-state index in [0.29, 0.717) is 12.6 Å². The van der Waals surface area contributed by atoms with Crippen LogP contribution < -0.4 is 10.3 Å². The van der Waals surface area contributed by atoms with Crippen molar-refractivity contribution in [2.24, 2.45) is 0 Å². The van der Waals surface area contributed by atoms with Gasteiger partial charge in [0, 0.05) is 50.7 Å². The Hall–Kier alpha value is -2.80. The van der Waals surface area contributed by atoms with E-state index in [2.05, 4.69) is 19.8 Å². The van der Waals surface area contributed by atoms with Crippen molar-refractivity contribution in [3.8, 4) is 5.75 Å². The van der Waals surface area contributed by atoms with Crippen LogP contribution in [0.2, 0.25) is 0 Å². The zero-order valence-electron chi connectivity index (χ0n) is 13.1. The summed E-state index contributed by atoms with van der Waals surface area (Å²) in [6.07, 6.45) is 1.34. The quantitative estimate of drug-likeness (QED) is 0.759. The molecule has 3 aromatic rings. The smallest absolute Gasteiger partial charge is 0.298 e. The molecule has 0 atom stereocenters. The molecule has 0 unspecified atom stereocenters. The van der Waals surface area contributed by atoms with Crippen LogP contribution in [0, 0.1) is 0 Å². The van der Waals surface area contributed by atoms with Gasteiger partial charge in [-0.25, -0.2) is 0 Å². The van der Waals surface area contributed by atoms with Crippen LogP contribution in [0.5, 0.6) is 5.75 Å². The number of hydrogen-bond acceptors (Lipinski definition) is 6. The Kier molecular flexibility index (Phi) is 3.70. The van der Waals surface area contributed by atoms with Crippen LogP contribution in [0.25, 0.3) is 11.1 Å². The minimum atomic E-state index is -0.353. The molecule has 2 aromatic heterocycles. The SMILES string of the molecule is O=c1cc(CN2CCN(c3nc4ccccc4o3)CC2)[nH]cc1O. The summed E-state index contributed by atoms with van der Waals surface area (Å²) in [5.74, 6) is -0.250. The zero-order chi connectivity index (χ0) is 16.5. The average Bonchev–Trinajstić information content (AvgIpc) is 3.03. The van der Waals surface area contributed by atoms with Crippen LogP contribution in [0.1, 0.15) is 5.69 Å². The number of H-pyrrole nitrogens is 1. The van der Waals surface area contributed by atoms with Crippen molar-refractivity contribution < 1.29 is 9.52 Å². The highest BCUT2D eigenvalue weighted by Gasteiger charge is 2.21. The number of piperazine rings is 1. The lowest BCUT2D eigenvalue weighted by atomic mass is 10.2. The lowest BCUT2D eigenvalue weighted by molar-refractivity contribution is 0.242. The van der Waals surface area contributed by atoms with Crippen molar-refractivity contribution in [2.45, 2.75) is 6.54 Å². The van der Waals surface area contributed by atoms with Crippen molar-refractivity contribution in [1.82, 2.24) is 14.9 Å². The van der Waals surface area contributed by atoms with Crippen molar-refractivity contribution in [3.63, 3.8) is 0 Å². The molecule has 0 spiro atoms. The first-order valence-corrected chi connectivity index (χ1v) is 7.92. The third kappa shape index (κ3) is 2.85. The van der Waals surface area contributed by atoms with Crippen molar-refractivity contribution >= 4 is 17.1 Å². The predicted molar refractivity (Wildman–Crippen MR) is 90.2 cm³/mol. The monoisotopic (exact) mass is 326 g/mol. The van der Waals surface area contributed by atoms with E-state index < -0.39 is 0 Å².